The van der Waals surface area contributed by atoms with Crippen LogP contribution in [0.2, 0.25) is 0 Å². The van der Waals surface area contributed by atoms with Gasteiger partial charge in [0.05, 0.1) is 6.54 Å². The van der Waals surface area contributed by atoms with Crippen molar-refractivity contribution in [2.45, 2.75) is 18.9 Å². The Morgan fingerprint density at radius 2 is 2.00 bits per heavy atom. The van der Waals surface area contributed by atoms with Crippen LogP contribution in [0.3, 0.4) is 0 Å². The summed E-state index contributed by atoms with van der Waals surface area (Å²) >= 11 is 0. The summed E-state index contributed by atoms with van der Waals surface area (Å²) in [5.41, 5.74) is 1.49. The predicted octanol–water partition coefficient (Wildman–Crippen LogP) is 1.08. The number of hydrogen-bond donors (Lipinski definition) is 1. The predicted molar refractivity (Wildman–Crippen MR) is 45.2 cm³/mol. The van der Waals surface area contributed by atoms with Gasteiger partial charge < -0.3 is 5.32 Å². The SMILES string of the molecule is c1ccc(C2CCC[NH2+]2)cc1. The molecule has 0 radical (unpaired) electrons. The molecule has 0 aromatic heterocycles. The van der Waals surface area contributed by atoms with Gasteiger partial charge in [-0.15, -0.1) is 0 Å². The van der Waals surface area contributed by atoms with Crippen LogP contribution in [0.1, 0.15) is 24.4 Å². The van der Waals surface area contributed by atoms with Gasteiger partial charge in [0.1, 0.15) is 6.04 Å². The molecule has 0 spiro atoms. The topological polar surface area (TPSA) is 16.6 Å². The highest BCUT2D eigenvalue weighted by Crippen LogP contribution is 2.16. The van der Waals surface area contributed by atoms with E-state index in [1.54, 1.807) is 0 Å². The second kappa shape index (κ2) is 3.05. The lowest BCUT2D eigenvalue weighted by molar-refractivity contribution is -0.676. The van der Waals surface area contributed by atoms with Gasteiger partial charge in [-0.05, 0) is 0 Å². The number of benzene rings is 1. The summed E-state index contributed by atoms with van der Waals surface area (Å²) < 4.78 is 0. The first-order chi connectivity index (χ1) is 5.47. The minimum atomic E-state index is 0.746. The highest BCUT2D eigenvalue weighted by Gasteiger charge is 2.19. The molecule has 1 nitrogen and oxygen atoms in total. The van der Waals surface area contributed by atoms with E-state index in [1.807, 2.05) is 0 Å². The van der Waals surface area contributed by atoms with E-state index < -0.39 is 0 Å². The lowest BCUT2D eigenvalue weighted by Crippen LogP contribution is -2.81. The second-order valence-electron chi connectivity index (χ2n) is 3.18. The van der Waals surface area contributed by atoms with Gasteiger partial charge in [0, 0.05) is 18.4 Å². The number of nitrogens with two attached hydrogens (primary N) is 1. The van der Waals surface area contributed by atoms with Gasteiger partial charge in [0.15, 0.2) is 0 Å². The molecular formula is C10H14N+. The zero-order chi connectivity index (χ0) is 7.52. The monoisotopic (exact) mass is 148 g/mol. The molecule has 1 aromatic carbocycles. The first-order valence-electron chi connectivity index (χ1n) is 4.35. The number of quaternary nitrogens is 1. The van der Waals surface area contributed by atoms with Gasteiger partial charge in [-0.1, -0.05) is 30.3 Å². The van der Waals surface area contributed by atoms with Crippen LogP contribution in [0.25, 0.3) is 0 Å². The molecule has 0 bridgehead atoms. The third-order valence-electron chi connectivity index (χ3n) is 2.40. The third-order valence-corrected chi connectivity index (χ3v) is 2.40. The van der Waals surface area contributed by atoms with Crippen molar-refractivity contribution < 1.29 is 5.32 Å². The van der Waals surface area contributed by atoms with Crippen LogP contribution in [-0.2, 0) is 0 Å². The summed E-state index contributed by atoms with van der Waals surface area (Å²) in [5.74, 6) is 0. The van der Waals surface area contributed by atoms with E-state index in [-0.39, 0.29) is 0 Å². The van der Waals surface area contributed by atoms with Crippen LogP contribution in [0.15, 0.2) is 30.3 Å². The maximum Gasteiger partial charge on any atom is 0.112 e. The van der Waals surface area contributed by atoms with Crippen LogP contribution in [0.4, 0.5) is 0 Å². The lowest BCUT2D eigenvalue weighted by atomic mass is 10.1. The molecule has 1 fully saturated rings. The van der Waals surface area contributed by atoms with Crippen molar-refractivity contribution in [1.29, 1.82) is 0 Å². The van der Waals surface area contributed by atoms with Gasteiger partial charge in [-0.25, -0.2) is 0 Å². The Balaban J connectivity index is 2.16. The number of hydrogen-bond acceptors (Lipinski definition) is 0. The molecule has 11 heavy (non-hydrogen) atoms. The standard InChI is InChI=1S/C10H13N/c1-2-5-9(6-3-1)10-7-4-8-11-10/h1-3,5-6,10-11H,4,7-8H2/p+1. The van der Waals surface area contributed by atoms with Crippen molar-refractivity contribution in [3.05, 3.63) is 35.9 Å². The molecule has 1 heteroatoms. The van der Waals surface area contributed by atoms with Gasteiger partial charge >= 0.3 is 0 Å². The Labute approximate surface area is 67.4 Å². The maximum absolute atomic E-state index is 2.44. The molecule has 1 aromatic rings. The lowest BCUT2D eigenvalue weighted by Gasteiger charge is -2.05. The van der Waals surface area contributed by atoms with Crippen molar-refractivity contribution in [3.63, 3.8) is 0 Å². The molecule has 1 heterocycles. The van der Waals surface area contributed by atoms with E-state index in [0.717, 1.165) is 6.04 Å². The summed E-state index contributed by atoms with van der Waals surface area (Å²) in [6.07, 6.45) is 2.73. The van der Waals surface area contributed by atoms with E-state index in [0.29, 0.717) is 0 Å². The largest absolute Gasteiger partial charge is 0.340 e. The van der Waals surface area contributed by atoms with Crippen molar-refractivity contribution in [3.8, 4) is 0 Å². The van der Waals surface area contributed by atoms with E-state index in [4.69, 9.17) is 0 Å². The fourth-order valence-electron chi connectivity index (χ4n) is 1.78. The van der Waals surface area contributed by atoms with Crippen LogP contribution in [0.5, 0.6) is 0 Å². The Morgan fingerprint density at radius 3 is 2.64 bits per heavy atom. The van der Waals surface area contributed by atoms with Crippen molar-refractivity contribution >= 4 is 0 Å². The van der Waals surface area contributed by atoms with Crippen LogP contribution < -0.4 is 5.32 Å². The van der Waals surface area contributed by atoms with Gasteiger partial charge in [-0.3, -0.25) is 0 Å². The van der Waals surface area contributed by atoms with Gasteiger partial charge in [-0.2, -0.15) is 0 Å². The first kappa shape index (κ1) is 6.86. The van der Waals surface area contributed by atoms with E-state index >= 15 is 0 Å². The molecule has 1 aliphatic rings. The Hall–Kier alpha value is -0.820. The Bertz CT molecular complexity index is 212. The smallest absolute Gasteiger partial charge is 0.112 e. The highest BCUT2D eigenvalue weighted by atomic mass is 14.9. The zero-order valence-electron chi connectivity index (χ0n) is 6.66. The van der Waals surface area contributed by atoms with E-state index in [1.165, 1.54) is 24.9 Å². The zero-order valence-corrected chi connectivity index (χ0v) is 6.66. The average molecular weight is 148 g/mol. The van der Waals surface area contributed by atoms with Crippen molar-refractivity contribution in [2.24, 2.45) is 0 Å². The summed E-state index contributed by atoms with van der Waals surface area (Å²) in [4.78, 5) is 0. The van der Waals surface area contributed by atoms with Crippen LogP contribution >= 0.6 is 0 Å². The van der Waals surface area contributed by atoms with Crippen molar-refractivity contribution in [2.75, 3.05) is 6.54 Å². The van der Waals surface area contributed by atoms with Crippen LogP contribution in [-0.4, -0.2) is 6.54 Å². The molecule has 2 N–H and O–H groups in total. The molecule has 1 unspecified atom stereocenters. The van der Waals surface area contributed by atoms with Crippen LogP contribution in [0, 0.1) is 0 Å². The normalized spacial score (nSPS) is 23.8. The van der Waals surface area contributed by atoms with Gasteiger partial charge in [0.25, 0.3) is 0 Å². The first-order valence-corrected chi connectivity index (χ1v) is 4.35. The molecule has 2 rings (SSSR count). The molecule has 1 saturated heterocycles. The maximum atomic E-state index is 2.44. The molecular weight excluding hydrogens is 134 g/mol. The van der Waals surface area contributed by atoms with E-state index in [2.05, 4.69) is 35.6 Å². The number of rotatable bonds is 1. The minimum Gasteiger partial charge on any atom is -0.340 e. The molecule has 1 aliphatic heterocycles. The Morgan fingerprint density at radius 1 is 1.18 bits per heavy atom. The summed E-state index contributed by atoms with van der Waals surface area (Å²) in [5, 5.41) is 2.44. The minimum absolute atomic E-state index is 0.746. The summed E-state index contributed by atoms with van der Waals surface area (Å²) in [7, 11) is 0. The third kappa shape index (κ3) is 1.43. The quantitative estimate of drug-likeness (QED) is 0.614. The molecule has 0 aliphatic carbocycles. The summed E-state index contributed by atoms with van der Waals surface area (Å²) in [6, 6.07) is 11.5. The molecule has 0 saturated carbocycles. The fraction of sp³-hybridized carbons (Fsp3) is 0.400. The molecule has 1 atom stereocenters. The van der Waals surface area contributed by atoms with Crippen molar-refractivity contribution in [1.82, 2.24) is 0 Å². The highest BCUT2D eigenvalue weighted by molar-refractivity contribution is 5.17. The molecule has 0 amide bonds. The molecule has 58 valence electrons. The Kier molecular flexibility index (Phi) is 1.91. The van der Waals surface area contributed by atoms with E-state index in [9.17, 15) is 0 Å². The average Bonchev–Trinajstić information content (AvgIpc) is 2.58. The van der Waals surface area contributed by atoms with Gasteiger partial charge in [0.2, 0.25) is 0 Å². The fourth-order valence-corrected chi connectivity index (χ4v) is 1.78. The second-order valence-corrected chi connectivity index (χ2v) is 3.18. The summed E-state index contributed by atoms with van der Waals surface area (Å²) in [6.45, 7) is 1.31.